The van der Waals surface area contributed by atoms with Crippen LogP contribution in [0.3, 0.4) is 0 Å². The van der Waals surface area contributed by atoms with Crippen molar-refractivity contribution in [1.82, 2.24) is 15.0 Å². The molecule has 1 aliphatic heterocycles. The molecule has 0 bridgehead atoms. The van der Waals surface area contributed by atoms with Crippen LogP contribution < -0.4 is 5.73 Å². The number of nitrogens with zero attached hydrogens (tertiary/aromatic N) is 3. The van der Waals surface area contributed by atoms with Gasteiger partial charge < -0.3 is 15.0 Å². The van der Waals surface area contributed by atoms with Gasteiger partial charge in [-0.1, -0.05) is 19.0 Å². The van der Waals surface area contributed by atoms with Crippen molar-refractivity contribution in [2.45, 2.75) is 45.4 Å². The molecule has 2 atom stereocenters. The van der Waals surface area contributed by atoms with E-state index in [4.69, 9.17) is 15.0 Å². The van der Waals surface area contributed by atoms with Gasteiger partial charge >= 0.3 is 0 Å². The molecule has 2 rings (SSSR count). The van der Waals surface area contributed by atoms with Crippen molar-refractivity contribution in [3.05, 3.63) is 11.7 Å². The number of rotatable bonds is 6. The van der Waals surface area contributed by atoms with E-state index in [2.05, 4.69) is 28.9 Å². The zero-order valence-corrected chi connectivity index (χ0v) is 11.1. The van der Waals surface area contributed by atoms with Gasteiger partial charge in [0.2, 0.25) is 11.7 Å². The first-order valence-electron chi connectivity index (χ1n) is 6.67. The molecule has 1 saturated heterocycles. The van der Waals surface area contributed by atoms with Crippen LogP contribution >= 0.6 is 0 Å². The van der Waals surface area contributed by atoms with E-state index in [9.17, 15) is 0 Å². The first kappa shape index (κ1) is 13.5. The van der Waals surface area contributed by atoms with Gasteiger partial charge in [-0.05, 0) is 25.9 Å². The molecule has 2 unspecified atom stereocenters. The standard InChI is InChI=1S/C12H22N4O2/c1-3-16(4-2)8-11-14-12(15-18-11)10-6-5-9(7-13)17-10/h9-10H,3-8,13H2,1-2H3. The predicted octanol–water partition coefficient (Wildman–Crippen LogP) is 1.09. The second-order valence-electron chi connectivity index (χ2n) is 4.57. The van der Waals surface area contributed by atoms with Crippen molar-refractivity contribution in [2.24, 2.45) is 5.73 Å². The lowest BCUT2D eigenvalue weighted by Gasteiger charge is -2.14. The van der Waals surface area contributed by atoms with Gasteiger partial charge in [0.05, 0.1) is 12.6 Å². The second kappa shape index (κ2) is 6.26. The lowest BCUT2D eigenvalue weighted by Crippen LogP contribution is -2.22. The fourth-order valence-corrected chi connectivity index (χ4v) is 2.17. The normalized spacial score (nSPS) is 24.0. The van der Waals surface area contributed by atoms with E-state index in [1.807, 2.05) is 0 Å². The van der Waals surface area contributed by atoms with Crippen LogP contribution in [0.5, 0.6) is 0 Å². The van der Waals surface area contributed by atoms with Crippen LogP contribution in [0, 0.1) is 0 Å². The molecule has 0 spiro atoms. The Morgan fingerprint density at radius 1 is 1.33 bits per heavy atom. The molecule has 2 heterocycles. The molecule has 0 aromatic carbocycles. The molecule has 1 aromatic rings. The molecule has 0 radical (unpaired) electrons. The minimum atomic E-state index is -0.0484. The van der Waals surface area contributed by atoms with Crippen LogP contribution in [0.2, 0.25) is 0 Å². The minimum absolute atomic E-state index is 0.0484. The van der Waals surface area contributed by atoms with Gasteiger partial charge in [-0.3, -0.25) is 4.90 Å². The highest BCUT2D eigenvalue weighted by molar-refractivity contribution is 4.94. The molecule has 6 heteroatoms. The molecular weight excluding hydrogens is 232 g/mol. The van der Waals surface area contributed by atoms with Gasteiger partial charge in [-0.15, -0.1) is 0 Å². The predicted molar refractivity (Wildman–Crippen MR) is 66.8 cm³/mol. The van der Waals surface area contributed by atoms with Crippen LogP contribution in [0.15, 0.2) is 4.52 Å². The number of ether oxygens (including phenoxy) is 1. The summed E-state index contributed by atoms with van der Waals surface area (Å²) in [7, 11) is 0. The van der Waals surface area contributed by atoms with Crippen molar-refractivity contribution in [1.29, 1.82) is 0 Å². The number of nitrogens with two attached hydrogens (primary N) is 1. The first-order chi connectivity index (χ1) is 8.76. The van der Waals surface area contributed by atoms with E-state index in [-0.39, 0.29) is 12.2 Å². The van der Waals surface area contributed by atoms with Gasteiger partial charge in [-0.2, -0.15) is 4.98 Å². The average Bonchev–Trinajstić information content (AvgIpc) is 3.04. The van der Waals surface area contributed by atoms with Crippen LogP contribution in [0.1, 0.15) is 44.5 Å². The van der Waals surface area contributed by atoms with E-state index >= 15 is 0 Å². The Balaban J connectivity index is 1.94. The Bertz CT molecular complexity index is 365. The van der Waals surface area contributed by atoms with E-state index in [0.717, 1.165) is 25.9 Å². The van der Waals surface area contributed by atoms with Crippen molar-refractivity contribution < 1.29 is 9.26 Å². The Morgan fingerprint density at radius 2 is 2.11 bits per heavy atom. The number of aromatic nitrogens is 2. The van der Waals surface area contributed by atoms with E-state index in [1.165, 1.54) is 0 Å². The zero-order valence-electron chi connectivity index (χ0n) is 11.1. The molecular formula is C12H22N4O2. The third-order valence-corrected chi connectivity index (χ3v) is 3.40. The Labute approximate surface area is 107 Å². The summed E-state index contributed by atoms with van der Waals surface area (Å²) in [5, 5.41) is 4.01. The van der Waals surface area contributed by atoms with Gasteiger partial charge in [-0.25, -0.2) is 0 Å². The SMILES string of the molecule is CCN(CC)Cc1nc(C2CCC(CN)O2)no1. The van der Waals surface area contributed by atoms with E-state index in [0.29, 0.717) is 24.8 Å². The molecule has 1 aliphatic rings. The molecule has 0 saturated carbocycles. The molecule has 102 valence electrons. The Morgan fingerprint density at radius 3 is 2.72 bits per heavy atom. The summed E-state index contributed by atoms with van der Waals surface area (Å²) >= 11 is 0. The summed E-state index contributed by atoms with van der Waals surface area (Å²) in [6.45, 7) is 7.44. The molecule has 0 amide bonds. The number of hydrogen-bond acceptors (Lipinski definition) is 6. The van der Waals surface area contributed by atoms with Gasteiger partial charge in [0, 0.05) is 6.54 Å². The molecule has 18 heavy (non-hydrogen) atoms. The van der Waals surface area contributed by atoms with Crippen molar-refractivity contribution in [2.75, 3.05) is 19.6 Å². The van der Waals surface area contributed by atoms with Crippen molar-refractivity contribution in [3.63, 3.8) is 0 Å². The third kappa shape index (κ3) is 3.07. The second-order valence-corrected chi connectivity index (χ2v) is 4.57. The highest BCUT2D eigenvalue weighted by atomic mass is 16.5. The fraction of sp³-hybridized carbons (Fsp3) is 0.833. The summed E-state index contributed by atoms with van der Waals surface area (Å²) in [4.78, 5) is 6.64. The first-order valence-corrected chi connectivity index (χ1v) is 6.67. The van der Waals surface area contributed by atoms with Crippen molar-refractivity contribution >= 4 is 0 Å². The van der Waals surface area contributed by atoms with Gasteiger partial charge in [0.1, 0.15) is 6.10 Å². The topological polar surface area (TPSA) is 77.4 Å². The molecule has 1 fully saturated rings. The fourth-order valence-electron chi connectivity index (χ4n) is 2.17. The zero-order chi connectivity index (χ0) is 13.0. The summed E-state index contributed by atoms with van der Waals surface area (Å²) < 4.78 is 11.0. The summed E-state index contributed by atoms with van der Waals surface area (Å²) in [6, 6.07) is 0. The maximum Gasteiger partial charge on any atom is 0.240 e. The van der Waals surface area contributed by atoms with Crippen molar-refractivity contribution in [3.8, 4) is 0 Å². The highest BCUT2D eigenvalue weighted by Crippen LogP contribution is 2.30. The van der Waals surface area contributed by atoms with Gasteiger partial charge in [0.15, 0.2) is 0 Å². The smallest absolute Gasteiger partial charge is 0.240 e. The molecule has 2 N–H and O–H groups in total. The lowest BCUT2D eigenvalue weighted by atomic mass is 10.2. The quantitative estimate of drug-likeness (QED) is 0.818. The van der Waals surface area contributed by atoms with Crippen LogP contribution in [-0.2, 0) is 11.3 Å². The van der Waals surface area contributed by atoms with E-state index in [1.54, 1.807) is 0 Å². The molecule has 0 aliphatic carbocycles. The van der Waals surface area contributed by atoms with Gasteiger partial charge in [0.25, 0.3) is 0 Å². The third-order valence-electron chi connectivity index (χ3n) is 3.40. The summed E-state index contributed by atoms with van der Waals surface area (Å²) in [6.07, 6.45) is 1.99. The van der Waals surface area contributed by atoms with Crippen LogP contribution in [0.4, 0.5) is 0 Å². The lowest BCUT2D eigenvalue weighted by molar-refractivity contribution is 0.0435. The largest absolute Gasteiger partial charge is 0.366 e. The van der Waals surface area contributed by atoms with Crippen LogP contribution in [-0.4, -0.2) is 40.8 Å². The highest BCUT2D eigenvalue weighted by Gasteiger charge is 2.29. The average molecular weight is 254 g/mol. The minimum Gasteiger partial charge on any atom is -0.366 e. The van der Waals surface area contributed by atoms with Crippen LogP contribution in [0.25, 0.3) is 0 Å². The van der Waals surface area contributed by atoms with E-state index < -0.39 is 0 Å². The summed E-state index contributed by atoms with van der Waals surface area (Å²) in [5.74, 6) is 1.32. The summed E-state index contributed by atoms with van der Waals surface area (Å²) in [5.41, 5.74) is 5.59. The maximum atomic E-state index is 5.74. The molecule has 1 aromatic heterocycles. The Kier molecular flexibility index (Phi) is 4.68. The monoisotopic (exact) mass is 254 g/mol. The maximum absolute atomic E-state index is 5.74. The number of hydrogen-bond donors (Lipinski definition) is 1. The Hall–Kier alpha value is -0.980. The molecule has 6 nitrogen and oxygen atoms in total.